The number of alkyl halides is 1. The molecule has 9 heavy (non-hydrogen) atoms. The number of carbonyl (C=O) groups excluding carboxylic acids is 1. The normalized spacial score (nSPS) is 34.7. The van der Waals surface area contributed by atoms with Gasteiger partial charge >= 0.3 is 5.97 Å². The van der Waals surface area contributed by atoms with E-state index in [0.717, 1.165) is 11.8 Å². The van der Waals surface area contributed by atoms with Gasteiger partial charge in [0.1, 0.15) is 6.10 Å². The second-order valence-corrected chi connectivity index (χ2v) is 3.00. The summed E-state index contributed by atoms with van der Waals surface area (Å²) in [7, 11) is 0. The summed E-state index contributed by atoms with van der Waals surface area (Å²) in [5, 5.41) is 0.767. The summed E-state index contributed by atoms with van der Waals surface area (Å²) >= 11 is 3.25. The minimum Gasteiger partial charge on any atom is -0.461 e. The monoisotopic (exact) mass is 192 g/mol. The minimum absolute atomic E-state index is 0.0561. The Morgan fingerprint density at radius 1 is 1.89 bits per heavy atom. The van der Waals surface area contributed by atoms with Crippen molar-refractivity contribution in [1.29, 1.82) is 0 Å². The molecule has 2 nitrogen and oxygen atoms in total. The zero-order chi connectivity index (χ0) is 6.85. The fraction of sp³-hybridized carbons (Fsp3) is 0.833. The largest absolute Gasteiger partial charge is 0.461 e. The molecule has 0 aromatic heterocycles. The van der Waals surface area contributed by atoms with Crippen molar-refractivity contribution in [3.05, 3.63) is 0 Å². The fourth-order valence-electron chi connectivity index (χ4n) is 0.914. The number of esters is 1. The maximum Gasteiger partial charge on any atom is 0.309 e. The standard InChI is InChI=1S/C6H9BrO2/c1-4-2-5(3-7)9-6(4)8/h4-5H,2-3H2,1H3/t4-,5-/m0/s1. The van der Waals surface area contributed by atoms with Crippen LogP contribution in [0.5, 0.6) is 0 Å². The molecule has 1 aliphatic rings. The van der Waals surface area contributed by atoms with Gasteiger partial charge in [-0.25, -0.2) is 0 Å². The van der Waals surface area contributed by atoms with Gasteiger partial charge < -0.3 is 4.74 Å². The van der Waals surface area contributed by atoms with Crippen LogP contribution in [0.2, 0.25) is 0 Å². The highest BCUT2D eigenvalue weighted by molar-refractivity contribution is 9.09. The van der Waals surface area contributed by atoms with E-state index in [4.69, 9.17) is 4.74 Å². The van der Waals surface area contributed by atoms with E-state index >= 15 is 0 Å². The Balaban J connectivity index is 2.44. The number of ether oxygens (including phenoxy) is 1. The summed E-state index contributed by atoms with van der Waals surface area (Å²) in [4.78, 5) is 10.7. The molecule has 1 rings (SSSR count). The van der Waals surface area contributed by atoms with E-state index in [1.807, 2.05) is 6.92 Å². The van der Waals surface area contributed by atoms with E-state index in [0.29, 0.717) is 0 Å². The highest BCUT2D eigenvalue weighted by Gasteiger charge is 2.29. The molecule has 0 aromatic carbocycles. The summed E-state index contributed by atoms with van der Waals surface area (Å²) in [5.41, 5.74) is 0. The van der Waals surface area contributed by atoms with Crippen LogP contribution in [-0.4, -0.2) is 17.4 Å². The van der Waals surface area contributed by atoms with Gasteiger partial charge in [0.15, 0.2) is 0 Å². The molecular weight excluding hydrogens is 184 g/mol. The molecule has 3 heteroatoms. The highest BCUT2D eigenvalue weighted by atomic mass is 79.9. The third kappa shape index (κ3) is 1.45. The molecule has 0 aromatic rings. The van der Waals surface area contributed by atoms with Crippen LogP contribution in [0, 0.1) is 5.92 Å². The molecule has 0 unspecified atom stereocenters. The minimum atomic E-state index is -0.0561. The average Bonchev–Trinajstić information content (AvgIpc) is 2.13. The lowest BCUT2D eigenvalue weighted by Gasteiger charge is -2.00. The predicted octanol–water partition coefficient (Wildman–Crippen LogP) is 1.33. The van der Waals surface area contributed by atoms with Gasteiger partial charge in [-0.15, -0.1) is 0 Å². The van der Waals surface area contributed by atoms with Crippen molar-refractivity contribution in [2.45, 2.75) is 19.4 Å². The first-order valence-corrected chi connectivity index (χ1v) is 4.12. The van der Waals surface area contributed by atoms with Gasteiger partial charge in [-0.05, 0) is 6.42 Å². The first-order valence-electron chi connectivity index (χ1n) is 3.00. The molecule has 52 valence electrons. The molecule has 2 atom stereocenters. The second kappa shape index (κ2) is 2.69. The van der Waals surface area contributed by atoms with E-state index in [-0.39, 0.29) is 18.0 Å². The first kappa shape index (κ1) is 7.06. The highest BCUT2D eigenvalue weighted by Crippen LogP contribution is 2.21. The molecule has 0 spiro atoms. The van der Waals surface area contributed by atoms with E-state index < -0.39 is 0 Å². The van der Waals surface area contributed by atoms with Crippen LogP contribution in [0.4, 0.5) is 0 Å². The molecule has 0 saturated carbocycles. The van der Waals surface area contributed by atoms with E-state index in [1.54, 1.807) is 0 Å². The van der Waals surface area contributed by atoms with Crippen molar-refractivity contribution in [2.75, 3.05) is 5.33 Å². The van der Waals surface area contributed by atoms with Crippen LogP contribution in [0.15, 0.2) is 0 Å². The molecule has 0 amide bonds. The summed E-state index contributed by atoms with van der Waals surface area (Å²) in [6, 6.07) is 0. The Bertz CT molecular complexity index is 124. The summed E-state index contributed by atoms with van der Waals surface area (Å²) < 4.78 is 4.94. The van der Waals surface area contributed by atoms with Gasteiger partial charge in [-0.1, -0.05) is 22.9 Å². The Morgan fingerprint density at radius 2 is 2.56 bits per heavy atom. The van der Waals surface area contributed by atoms with E-state index in [2.05, 4.69) is 15.9 Å². The predicted molar refractivity (Wildman–Crippen MR) is 37.5 cm³/mol. The summed E-state index contributed by atoms with van der Waals surface area (Å²) in [6.45, 7) is 1.89. The Morgan fingerprint density at radius 3 is 2.78 bits per heavy atom. The molecule has 0 radical (unpaired) electrons. The van der Waals surface area contributed by atoms with Crippen LogP contribution in [-0.2, 0) is 9.53 Å². The first-order chi connectivity index (χ1) is 4.24. The van der Waals surface area contributed by atoms with Gasteiger partial charge in [0.05, 0.1) is 5.92 Å². The van der Waals surface area contributed by atoms with Crippen LogP contribution < -0.4 is 0 Å². The molecule has 0 N–H and O–H groups in total. The van der Waals surface area contributed by atoms with Crippen molar-refractivity contribution in [3.63, 3.8) is 0 Å². The molecule has 0 aliphatic carbocycles. The van der Waals surface area contributed by atoms with Crippen LogP contribution in [0.1, 0.15) is 13.3 Å². The van der Waals surface area contributed by atoms with Gasteiger partial charge in [-0.2, -0.15) is 0 Å². The lowest BCUT2D eigenvalue weighted by Crippen LogP contribution is -2.07. The zero-order valence-electron chi connectivity index (χ0n) is 5.26. The van der Waals surface area contributed by atoms with Crippen molar-refractivity contribution >= 4 is 21.9 Å². The lowest BCUT2D eigenvalue weighted by atomic mass is 10.1. The van der Waals surface area contributed by atoms with Gasteiger partial charge in [0, 0.05) is 5.33 Å². The van der Waals surface area contributed by atoms with Crippen LogP contribution in [0.3, 0.4) is 0 Å². The van der Waals surface area contributed by atoms with E-state index in [1.165, 1.54) is 0 Å². The second-order valence-electron chi connectivity index (χ2n) is 2.35. The van der Waals surface area contributed by atoms with Gasteiger partial charge in [0.2, 0.25) is 0 Å². The van der Waals surface area contributed by atoms with Crippen LogP contribution in [0.25, 0.3) is 0 Å². The average molecular weight is 193 g/mol. The Hall–Kier alpha value is -0.0500. The number of hydrogen-bond donors (Lipinski definition) is 0. The number of hydrogen-bond acceptors (Lipinski definition) is 2. The molecule has 1 saturated heterocycles. The van der Waals surface area contributed by atoms with Crippen LogP contribution >= 0.6 is 15.9 Å². The number of rotatable bonds is 1. The summed E-state index contributed by atoms with van der Waals surface area (Å²) in [5.74, 6) is 0.0481. The molecular formula is C6H9BrO2. The molecule has 1 fully saturated rings. The lowest BCUT2D eigenvalue weighted by molar-refractivity contribution is -0.143. The fourth-order valence-corrected chi connectivity index (χ4v) is 1.31. The molecule has 0 bridgehead atoms. The van der Waals surface area contributed by atoms with Crippen molar-refractivity contribution in [3.8, 4) is 0 Å². The zero-order valence-corrected chi connectivity index (χ0v) is 6.85. The number of halogens is 1. The van der Waals surface area contributed by atoms with Crippen molar-refractivity contribution in [1.82, 2.24) is 0 Å². The Kier molecular flexibility index (Phi) is 2.11. The van der Waals surface area contributed by atoms with Gasteiger partial charge in [-0.3, -0.25) is 4.79 Å². The third-order valence-corrected chi connectivity index (χ3v) is 2.20. The smallest absolute Gasteiger partial charge is 0.309 e. The molecule has 1 heterocycles. The van der Waals surface area contributed by atoms with E-state index in [9.17, 15) is 4.79 Å². The maximum absolute atomic E-state index is 10.7. The van der Waals surface area contributed by atoms with Gasteiger partial charge in [0.25, 0.3) is 0 Å². The third-order valence-electron chi connectivity index (χ3n) is 1.47. The summed E-state index contributed by atoms with van der Waals surface area (Å²) in [6.07, 6.45) is 0.983. The Labute approximate surface area is 62.7 Å². The SMILES string of the molecule is C[C@H]1C[C@@H](CBr)OC1=O. The topological polar surface area (TPSA) is 26.3 Å². The molecule has 1 aliphatic heterocycles. The quantitative estimate of drug-likeness (QED) is 0.463. The maximum atomic E-state index is 10.7. The van der Waals surface area contributed by atoms with Crippen molar-refractivity contribution in [2.24, 2.45) is 5.92 Å². The number of cyclic esters (lactones) is 1. The van der Waals surface area contributed by atoms with Crippen molar-refractivity contribution < 1.29 is 9.53 Å². The number of carbonyl (C=O) groups is 1.